The van der Waals surface area contributed by atoms with Crippen molar-refractivity contribution in [1.82, 2.24) is 10.3 Å². The van der Waals surface area contributed by atoms with E-state index < -0.39 is 10.0 Å². The number of rotatable bonds is 7. The molecule has 1 atom stereocenters. The van der Waals surface area contributed by atoms with Crippen LogP contribution in [0, 0.1) is 6.92 Å². The summed E-state index contributed by atoms with van der Waals surface area (Å²) in [5.74, 6) is -0.174. The highest BCUT2D eigenvalue weighted by molar-refractivity contribution is 7.92. The molecule has 0 fully saturated rings. The average molecular weight is 430 g/mol. The van der Waals surface area contributed by atoms with Crippen LogP contribution in [0.2, 0.25) is 0 Å². The van der Waals surface area contributed by atoms with Crippen LogP contribution < -0.4 is 10.0 Å². The van der Waals surface area contributed by atoms with E-state index in [0.29, 0.717) is 16.9 Å². The van der Waals surface area contributed by atoms with Gasteiger partial charge in [0.05, 0.1) is 30.1 Å². The Balaban J connectivity index is 1.66. The molecule has 0 radical (unpaired) electrons. The fourth-order valence-electron chi connectivity index (χ4n) is 2.92. The minimum atomic E-state index is -3.41. The van der Waals surface area contributed by atoms with E-state index >= 15 is 0 Å². The molecule has 6 nitrogen and oxygen atoms in total. The lowest BCUT2D eigenvalue weighted by atomic mass is 10.1. The second-order valence-electron chi connectivity index (χ2n) is 6.94. The molecule has 2 aromatic carbocycles. The normalized spacial score (nSPS) is 12.4. The zero-order valence-electron chi connectivity index (χ0n) is 16.5. The van der Waals surface area contributed by atoms with Crippen molar-refractivity contribution in [3.05, 3.63) is 70.7 Å². The summed E-state index contributed by atoms with van der Waals surface area (Å²) in [5.41, 5.74) is 4.08. The lowest BCUT2D eigenvalue weighted by molar-refractivity contribution is -0.121. The zero-order valence-corrected chi connectivity index (χ0v) is 18.1. The largest absolute Gasteiger partial charge is 0.349 e. The third-order valence-corrected chi connectivity index (χ3v) is 5.82. The summed E-state index contributed by atoms with van der Waals surface area (Å²) in [4.78, 5) is 17.1. The van der Waals surface area contributed by atoms with Crippen LogP contribution >= 0.6 is 11.3 Å². The van der Waals surface area contributed by atoms with Crippen LogP contribution in [0.25, 0.3) is 10.6 Å². The Hall–Kier alpha value is -2.71. The van der Waals surface area contributed by atoms with Gasteiger partial charge < -0.3 is 5.32 Å². The average Bonchev–Trinajstić information content (AvgIpc) is 3.09. The van der Waals surface area contributed by atoms with E-state index in [0.717, 1.165) is 16.8 Å². The van der Waals surface area contributed by atoms with Crippen LogP contribution in [0.15, 0.2) is 53.9 Å². The number of carbonyl (C=O) groups is 1. The van der Waals surface area contributed by atoms with Gasteiger partial charge in [0.25, 0.3) is 0 Å². The van der Waals surface area contributed by atoms with E-state index in [-0.39, 0.29) is 18.4 Å². The van der Waals surface area contributed by atoms with Crippen LogP contribution in [0.1, 0.15) is 29.8 Å². The Bertz CT molecular complexity index is 1110. The Morgan fingerprint density at radius 2 is 1.83 bits per heavy atom. The van der Waals surface area contributed by atoms with Crippen LogP contribution in [-0.2, 0) is 21.2 Å². The van der Waals surface area contributed by atoms with E-state index in [4.69, 9.17) is 0 Å². The summed E-state index contributed by atoms with van der Waals surface area (Å²) < 4.78 is 25.6. The highest BCUT2D eigenvalue weighted by Crippen LogP contribution is 2.25. The molecule has 1 aromatic heterocycles. The van der Waals surface area contributed by atoms with Crippen LogP contribution in [0.4, 0.5) is 5.69 Å². The quantitative estimate of drug-likeness (QED) is 0.596. The number of hydrogen-bond donors (Lipinski definition) is 2. The Morgan fingerprint density at radius 3 is 2.52 bits per heavy atom. The summed E-state index contributed by atoms with van der Waals surface area (Å²) in [6.45, 7) is 3.85. The van der Waals surface area contributed by atoms with Crippen molar-refractivity contribution in [1.29, 1.82) is 0 Å². The van der Waals surface area contributed by atoms with Gasteiger partial charge in [-0.25, -0.2) is 13.4 Å². The number of aromatic nitrogens is 1. The first-order valence-electron chi connectivity index (χ1n) is 9.09. The first kappa shape index (κ1) is 21.0. The van der Waals surface area contributed by atoms with E-state index in [1.807, 2.05) is 43.5 Å². The van der Waals surface area contributed by atoms with Gasteiger partial charge in [-0.1, -0.05) is 48.0 Å². The molecular weight excluding hydrogens is 406 g/mol. The van der Waals surface area contributed by atoms with Gasteiger partial charge in [-0.3, -0.25) is 9.52 Å². The van der Waals surface area contributed by atoms with Gasteiger partial charge >= 0.3 is 0 Å². The zero-order chi connectivity index (χ0) is 21.0. The molecule has 0 bridgehead atoms. The van der Waals surface area contributed by atoms with Crippen LogP contribution in [-0.4, -0.2) is 25.6 Å². The van der Waals surface area contributed by atoms with Gasteiger partial charge in [0.15, 0.2) is 0 Å². The molecule has 2 N–H and O–H groups in total. The van der Waals surface area contributed by atoms with E-state index in [1.165, 1.54) is 16.9 Å². The number of para-hydroxylation sites is 1. The molecule has 0 saturated heterocycles. The number of aryl methyl sites for hydroxylation is 1. The van der Waals surface area contributed by atoms with E-state index in [1.54, 1.807) is 24.3 Å². The SMILES string of the molecule is Cc1ccc(-c2nc(CC(=O)NC(C)c3ccccc3NS(C)(=O)=O)cs2)cc1. The number of hydrogen-bond acceptors (Lipinski definition) is 5. The number of anilines is 1. The van der Waals surface area contributed by atoms with Crippen molar-refractivity contribution in [2.45, 2.75) is 26.3 Å². The lowest BCUT2D eigenvalue weighted by Crippen LogP contribution is -2.29. The molecule has 0 saturated carbocycles. The molecule has 3 aromatic rings. The molecule has 3 rings (SSSR count). The Morgan fingerprint density at radius 1 is 1.14 bits per heavy atom. The standard InChI is InChI=1S/C21H23N3O3S2/c1-14-8-10-16(11-9-14)21-23-17(13-28-21)12-20(25)22-15(2)18-6-4-5-7-19(18)24-29(3,26)27/h4-11,13,15,24H,12H2,1-3H3,(H,22,25). The summed E-state index contributed by atoms with van der Waals surface area (Å²) >= 11 is 1.51. The van der Waals surface area contributed by atoms with Crippen molar-refractivity contribution >= 4 is 33.0 Å². The monoisotopic (exact) mass is 429 g/mol. The number of carbonyl (C=O) groups excluding carboxylic acids is 1. The predicted molar refractivity (Wildman–Crippen MR) is 117 cm³/mol. The third kappa shape index (κ3) is 5.88. The molecule has 1 heterocycles. The van der Waals surface area contributed by atoms with E-state index in [9.17, 15) is 13.2 Å². The predicted octanol–water partition coefficient (Wildman–Crippen LogP) is 3.91. The fourth-order valence-corrected chi connectivity index (χ4v) is 4.33. The van der Waals surface area contributed by atoms with E-state index in [2.05, 4.69) is 15.0 Å². The highest BCUT2D eigenvalue weighted by Gasteiger charge is 2.16. The van der Waals surface area contributed by atoms with Crippen LogP contribution in [0.3, 0.4) is 0 Å². The first-order valence-corrected chi connectivity index (χ1v) is 11.9. The maximum Gasteiger partial charge on any atom is 0.229 e. The fraction of sp³-hybridized carbons (Fsp3) is 0.238. The Labute approximate surface area is 175 Å². The van der Waals surface area contributed by atoms with Gasteiger partial charge in [0.2, 0.25) is 15.9 Å². The maximum absolute atomic E-state index is 12.5. The molecule has 0 aliphatic carbocycles. The van der Waals surface area contributed by atoms with Crippen molar-refractivity contribution in [2.24, 2.45) is 0 Å². The van der Waals surface area contributed by atoms with Gasteiger partial charge in [0, 0.05) is 10.9 Å². The Kier molecular flexibility index (Phi) is 6.34. The summed E-state index contributed by atoms with van der Waals surface area (Å²) in [6, 6.07) is 14.8. The first-order chi connectivity index (χ1) is 13.7. The number of nitrogens with zero attached hydrogens (tertiary/aromatic N) is 1. The van der Waals surface area contributed by atoms with Gasteiger partial charge in [-0.15, -0.1) is 11.3 Å². The number of sulfonamides is 1. The van der Waals surface area contributed by atoms with Crippen molar-refractivity contribution < 1.29 is 13.2 Å². The van der Waals surface area contributed by atoms with Crippen molar-refractivity contribution in [2.75, 3.05) is 11.0 Å². The van der Waals surface area contributed by atoms with Gasteiger partial charge in [-0.05, 0) is 25.5 Å². The molecule has 152 valence electrons. The van der Waals surface area contributed by atoms with Gasteiger partial charge in [0.1, 0.15) is 5.01 Å². The summed E-state index contributed by atoms with van der Waals surface area (Å²) in [5, 5.41) is 5.68. The van der Waals surface area contributed by atoms with Crippen LogP contribution in [0.5, 0.6) is 0 Å². The number of nitrogens with one attached hydrogen (secondary N) is 2. The third-order valence-electron chi connectivity index (χ3n) is 4.29. The second kappa shape index (κ2) is 8.75. The summed E-state index contributed by atoms with van der Waals surface area (Å²) in [6.07, 6.45) is 1.26. The number of benzene rings is 2. The van der Waals surface area contributed by atoms with Crippen molar-refractivity contribution in [3.8, 4) is 10.6 Å². The molecule has 1 unspecified atom stereocenters. The molecule has 0 spiro atoms. The number of thiazole rings is 1. The molecule has 0 aliphatic heterocycles. The summed E-state index contributed by atoms with van der Waals surface area (Å²) in [7, 11) is -3.41. The van der Waals surface area contributed by atoms with Crippen molar-refractivity contribution in [3.63, 3.8) is 0 Å². The lowest BCUT2D eigenvalue weighted by Gasteiger charge is -2.18. The molecule has 29 heavy (non-hydrogen) atoms. The molecule has 8 heteroatoms. The minimum absolute atomic E-state index is 0.161. The minimum Gasteiger partial charge on any atom is -0.349 e. The smallest absolute Gasteiger partial charge is 0.229 e. The second-order valence-corrected chi connectivity index (χ2v) is 9.54. The number of amides is 1. The maximum atomic E-state index is 12.5. The molecular formula is C21H23N3O3S2. The highest BCUT2D eigenvalue weighted by atomic mass is 32.2. The molecule has 1 amide bonds. The van der Waals surface area contributed by atoms with Gasteiger partial charge in [-0.2, -0.15) is 0 Å². The molecule has 0 aliphatic rings. The topological polar surface area (TPSA) is 88.2 Å².